The maximum Gasteiger partial charge on any atom is 0.420 e. The summed E-state index contributed by atoms with van der Waals surface area (Å²) in [4.78, 5) is 0. The topological polar surface area (TPSA) is 35.2 Å². The SMILES string of the molecule is NCCc1ccc(Oc2ccc(Br)cc2C(F)(F)F)cc1. The molecule has 0 aliphatic heterocycles. The highest BCUT2D eigenvalue weighted by molar-refractivity contribution is 9.10. The van der Waals surface area contributed by atoms with E-state index < -0.39 is 11.7 Å². The molecule has 0 unspecified atom stereocenters. The lowest BCUT2D eigenvalue weighted by Gasteiger charge is -2.14. The predicted octanol–water partition coefficient (Wildman–Crippen LogP) is 4.76. The Hall–Kier alpha value is -1.53. The molecule has 0 saturated heterocycles. The highest BCUT2D eigenvalue weighted by atomic mass is 79.9. The van der Waals surface area contributed by atoms with Crippen molar-refractivity contribution in [2.24, 2.45) is 5.73 Å². The minimum absolute atomic E-state index is 0.225. The zero-order valence-electron chi connectivity index (χ0n) is 11.0. The molecule has 2 aromatic rings. The Balaban J connectivity index is 2.27. The van der Waals surface area contributed by atoms with Crippen LogP contribution in [0.2, 0.25) is 0 Å². The lowest BCUT2D eigenvalue weighted by atomic mass is 10.1. The number of benzene rings is 2. The van der Waals surface area contributed by atoms with Crippen molar-refractivity contribution in [1.29, 1.82) is 0 Å². The van der Waals surface area contributed by atoms with Crippen LogP contribution in [0.4, 0.5) is 13.2 Å². The summed E-state index contributed by atoms with van der Waals surface area (Å²) in [6.07, 6.45) is -3.76. The van der Waals surface area contributed by atoms with Gasteiger partial charge in [0.25, 0.3) is 0 Å². The minimum atomic E-state index is -4.47. The van der Waals surface area contributed by atoms with E-state index in [1.165, 1.54) is 12.1 Å². The summed E-state index contributed by atoms with van der Waals surface area (Å²) < 4.78 is 44.6. The van der Waals surface area contributed by atoms with Gasteiger partial charge in [0, 0.05) is 4.47 Å². The molecule has 0 heterocycles. The Labute approximate surface area is 128 Å². The molecule has 112 valence electrons. The summed E-state index contributed by atoms with van der Waals surface area (Å²) in [5.41, 5.74) is 5.64. The average Bonchev–Trinajstić information content (AvgIpc) is 2.42. The fourth-order valence-corrected chi connectivity index (χ4v) is 2.19. The molecule has 2 nitrogen and oxygen atoms in total. The normalized spacial score (nSPS) is 11.5. The first-order valence-corrected chi connectivity index (χ1v) is 7.03. The van der Waals surface area contributed by atoms with Gasteiger partial charge in [0.05, 0.1) is 5.56 Å². The van der Waals surface area contributed by atoms with Crippen LogP contribution in [0.25, 0.3) is 0 Å². The van der Waals surface area contributed by atoms with Crippen LogP contribution < -0.4 is 10.5 Å². The van der Waals surface area contributed by atoms with Crippen molar-refractivity contribution in [2.75, 3.05) is 6.54 Å². The van der Waals surface area contributed by atoms with Crippen molar-refractivity contribution in [3.05, 3.63) is 58.1 Å². The van der Waals surface area contributed by atoms with Crippen molar-refractivity contribution in [3.8, 4) is 11.5 Å². The van der Waals surface area contributed by atoms with Crippen LogP contribution in [0, 0.1) is 0 Å². The largest absolute Gasteiger partial charge is 0.457 e. The molecule has 6 heteroatoms. The molecular formula is C15H13BrF3NO. The van der Waals surface area contributed by atoms with E-state index in [1.807, 2.05) is 0 Å². The fraction of sp³-hybridized carbons (Fsp3) is 0.200. The Morgan fingerprint density at radius 2 is 1.71 bits per heavy atom. The second-order valence-electron chi connectivity index (χ2n) is 4.42. The number of alkyl halides is 3. The Kier molecular flexibility index (Phi) is 4.90. The molecule has 0 spiro atoms. The molecule has 0 bridgehead atoms. The molecule has 2 N–H and O–H groups in total. The molecule has 21 heavy (non-hydrogen) atoms. The zero-order chi connectivity index (χ0) is 15.5. The number of ether oxygens (including phenoxy) is 1. The first-order chi connectivity index (χ1) is 9.90. The molecule has 0 aliphatic carbocycles. The molecule has 0 amide bonds. The molecule has 0 aliphatic rings. The van der Waals surface area contributed by atoms with Gasteiger partial charge < -0.3 is 10.5 Å². The van der Waals surface area contributed by atoms with E-state index in [2.05, 4.69) is 15.9 Å². The molecule has 0 aromatic heterocycles. The van der Waals surface area contributed by atoms with Gasteiger partial charge in [-0.25, -0.2) is 0 Å². The number of rotatable bonds is 4. The van der Waals surface area contributed by atoms with E-state index in [4.69, 9.17) is 10.5 Å². The van der Waals surface area contributed by atoms with E-state index in [0.717, 1.165) is 11.6 Å². The fourth-order valence-electron chi connectivity index (χ4n) is 1.83. The molecule has 0 fully saturated rings. The Bertz CT molecular complexity index is 611. The minimum Gasteiger partial charge on any atom is -0.457 e. The van der Waals surface area contributed by atoms with Gasteiger partial charge in [-0.3, -0.25) is 0 Å². The number of hydrogen-bond donors (Lipinski definition) is 1. The summed E-state index contributed by atoms with van der Waals surface area (Å²) in [7, 11) is 0. The average molecular weight is 360 g/mol. The molecule has 2 rings (SSSR count). The van der Waals surface area contributed by atoms with E-state index in [-0.39, 0.29) is 5.75 Å². The van der Waals surface area contributed by atoms with E-state index in [9.17, 15) is 13.2 Å². The van der Waals surface area contributed by atoms with Crippen LogP contribution in [-0.4, -0.2) is 6.54 Å². The van der Waals surface area contributed by atoms with Gasteiger partial charge in [-0.2, -0.15) is 13.2 Å². The first-order valence-electron chi connectivity index (χ1n) is 6.24. The van der Waals surface area contributed by atoms with Crippen LogP contribution in [0.15, 0.2) is 46.9 Å². The predicted molar refractivity (Wildman–Crippen MR) is 78.4 cm³/mol. The smallest absolute Gasteiger partial charge is 0.420 e. The van der Waals surface area contributed by atoms with Gasteiger partial charge in [0.1, 0.15) is 11.5 Å². The van der Waals surface area contributed by atoms with Crippen molar-refractivity contribution in [1.82, 2.24) is 0 Å². The van der Waals surface area contributed by atoms with Gasteiger partial charge in [-0.05, 0) is 48.9 Å². The van der Waals surface area contributed by atoms with Gasteiger partial charge in [0.15, 0.2) is 0 Å². The van der Waals surface area contributed by atoms with Crippen LogP contribution in [-0.2, 0) is 12.6 Å². The van der Waals surface area contributed by atoms with E-state index >= 15 is 0 Å². The van der Waals surface area contributed by atoms with Gasteiger partial charge in [0.2, 0.25) is 0 Å². The monoisotopic (exact) mass is 359 g/mol. The molecule has 0 atom stereocenters. The Morgan fingerprint density at radius 1 is 1.05 bits per heavy atom. The standard InChI is InChI=1S/C15H13BrF3NO/c16-11-3-6-14(13(9-11)15(17,18)19)21-12-4-1-10(2-5-12)7-8-20/h1-6,9H,7-8,20H2. The van der Waals surface area contributed by atoms with Gasteiger partial charge >= 0.3 is 6.18 Å². The second-order valence-corrected chi connectivity index (χ2v) is 5.34. The zero-order valence-corrected chi connectivity index (χ0v) is 12.5. The Morgan fingerprint density at radius 3 is 2.29 bits per heavy atom. The van der Waals surface area contributed by atoms with Crippen LogP contribution in [0.3, 0.4) is 0 Å². The lowest BCUT2D eigenvalue weighted by Crippen LogP contribution is -2.07. The van der Waals surface area contributed by atoms with Gasteiger partial charge in [-0.15, -0.1) is 0 Å². The highest BCUT2D eigenvalue weighted by Gasteiger charge is 2.34. The molecule has 0 radical (unpaired) electrons. The lowest BCUT2D eigenvalue weighted by molar-refractivity contribution is -0.138. The first kappa shape index (κ1) is 15.9. The van der Waals surface area contributed by atoms with Crippen molar-refractivity contribution >= 4 is 15.9 Å². The molecule has 0 saturated carbocycles. The maximum absolute atomic E-state index is 13.0. The third-order valence-corrected chi connectivity index (χ3v) is 3.32. The number of hydrogen-bond acceptors (Lipinski definition) is 2. The summed E-state index contributed by atoms with van der Waals surface area (Å²) in [6.45, 7) is 0.519. The summed E-state index contributed by atoms with van der Waals surface area (Å²) >= 11 is 3.03. The summed E-state index contributed by atoms with van der Waals surface area (Å²) in [5, 5.41) is 0. The number of halogens is 4. The molecule has 2 aromatic carbocycles. The van der Waals surface area contributed by atoms with E-state index in [0.29, 0.717) is 23.2 Å². The summed E-state index contributed by atoms with van der Waals surface area (Å²) in [5.74, 6) is 0.126. The highest BCUT2D eigenvalue weighted by Crippen LogP contribution is 2.39. The van der Waals surface area contributed by atoms with E-state index in [1.54, 1.807) is 24.3 Å². The summed E-state index contributed by atoms with van der Waals surface area (Å²) in [6, 6.07) is 10.6. The third kappa shape index (κ3) is 4.22. The van der Waals surface area contributed by atoms with Crippen molar-refractivity contribution in [3.63, 3.8) is 0 Å². The van der Waals surface area contributed by atoms with Crippen molar-refractivity contribution < 1.29 is 17.9 Å². The maximum atomic E-state index is 13.0. The molecular weight excluding hydrogens is 347 g/mol. The van der Waals surface area contributed by atoms with Gasteiger partial charge in [-0.1, -0.05) is 28.1 Å². The van der Waals surface area contributed by atoms with Crippen LogP contribution >= 0.6 is 15.9 Å². The number of nitrogens with two attached hydrogens (primary N) is 1. The van der Waals surface area contributed by atoms with Crippen LogP contribution in [0.1, 0.15) is 11.1 Å². The second kappa shape index (κ2) is 6.49. The third-order valence-electron chi connectivity index (χ3n) is 2.83. The quantitative estimate of drug-likeness (QED) is 0.853. The van der Waals surface area contributed by atoms with Crippen molar-refractivity contribution in [2.45, 2.75) is 12.6 Å². The van der Waals surface area contributed by atoms with Crippen LogP contribution in [0.5, 0.6) is 11.5 Å².